The maximum atomic E-state index is 5.55. The Bertz CT molecular complexity index is 353. The van der Waals surface area contributed by atoms with E-state index in [1.165, 1.54) is 6.42 Å². The van der Waals surface area contributed by atoms with Crippen LogP contribution in [0.3, 0.4) is 0 Å². The Morgan fingerprint density at radius 2 is 2.17 bits per heavy atom. The minimum Gasteiger partial charge on any atom is -0.463 e. The topological polar surface area (TPSA) is 47.0 Å². The van der Waals surface area contributed by atoms with Crippen LogP contribution in [0.15, 0.2) is 6.20 Å². The molecule has 0 aromatic carbocycles. The fraction of sp³-hybridized carbons (Fsp3) is 0.714. The van der Waals surface area contributed by atoms with E-state index < -0.39 is 0 Å². The van der Waals surface area contributed by atoms with Crippen molar-refractivity contribution in [2.75, 3.05) is 13.2 Å². The Balaban J connectivity index is 2.41. The van der Waals surface area contributed by atoms with Gasteiger partial charge in [-0.25, -0.2) is 9.97 Å². The van der Waals surface area contributed by atoms with Gasteiger partial charge >= 0.3 is 6.01 Å². The van der Waals surface area contributed by atoms with E-state index in [9.17, 15) is 0 Å². The summed E-state index contributed by atoms with van der Waals surface area (Å²) in [5.74, 6) is 0.721. The van der Waals surface area contributed by atoms with Crippen LogP contribution in [0.1, 0.15) is 44.9 Å². The summed E-state index contributed by atoms with van der Waals surface area (Å²) in [6.07, 6.45) is 4.08. The first-order valence-corrected chi connectivity index (χ1v) is 6.79. The number of nitrogens with zero attached hydrogens (tertiary/aromatic N) is 2. The van der Waals surface area contributed by atoms with Gasteiger partial charge in [-0.05, 0) is 32.2 Å². The quantitative estimate of drug-likeness (QED) is 0.722. The van der Waals surface area contributed by atoms with Crippen molar-refractivity contribution >= 4 is 0 Å². The molecule has 0 aliphatic rings. The molecule has 1 heterocycles. The summed E-state index contributed by atoms with van der Waals surface area (Å²) in [5.41, 5.74) is 2.12. The van der Waals surface area contributed by atoms with E-state index in [0.717, 1.165) is 36.7 Å². The van der Waals surface area contributed by atoms with Crippen LogP contribution in [0.5, 0.6) is 6.01 Å². The van der Waals surface area contributed by atoms with Gasteiger partial charge in [0, 0.05) is 24.0 Å². The average Bonchev–Trinajstić information content (AvgIpc) is 2.33. The van der Waals surface area contributed by atoms with Crippen molar-refractivity contribution in [3.63, 3.8) is 0 Å². The highest BCUT2D eigenvalue weighted by atomic mass is 16.5. The van der Waals surface area contributed by atoms with Gasteiger partial charge in [-0.15, -0.1) is 0 Å². The average molecular weight is 251 g/mol. The molecule has 0 radical (unpaired) electrons. The smallest absolute Gasteiger partial charge is 0.316 e. The molecule has 1 rings (SSSR count). The van der Waals surface area contributed by atoms with Gasteiger partial charge in [0.25, 0.3) is 0 Å². The van der Waals surface area contributed by atoms with Crippen LogP contribution in [-0.4, -0.2) is 23.1 Å². The number of aromatic nitrogens is 2. The summed E-state index contributed by atoms with van der Waals surface area (Å²) in [6, 6.07) is 0.497. The molecule has 0 amide bonds. The molecule has 0 aliphatic carbocycles. The zero-order valence-corrected chi connectivity index (χ0v) is 12.0. The highest BCUT2D eigenvalue weighted by molar-refractivity contribution is 5.17. The van der Waals surface area contributed by atoms with Gasteiger partial charge < -0.3 is 10.1 Å². The lowest BCUT2D eigenvalue weighted by Crippen LogP contribution is -2.14. The molecular formula is C14H25N3O. The van der Waals surface area contributed by atoms with Crippen LogP contribution < -0.4 is 10.1 Å². The zero-order chi connectivity index (χ0) is 13.4. The third-order valence-corrected chi connectivity index (χ3v) is 2.78. The molecule has 0 aliphatic heterocycles. The molecule has 1 aromatic rings. The van der Waals surface area contributed by atoms with E-state index in [4.69, 9.17) is 4.74 Å². The Hall–Kier alpha value is -1.16. The molecule has 1 N–H and O–H groups in total. The van der Waals surface area contributed by atoms with Crippen molar-refractivity contribution in [3.8, 4) is 6.01 Å². The normalized spacial score (nSPS) is 10.9. The summed E-state index contributed by atoms with van der Waals surface area (Å²) in [4.78, 5) is 8.61. The van der Waals surface area contributed by atoms with E-state index >= 15 is 0 Å². The van der Waals surface area contributed by atoms with Crippen LogP contribution in [0, 0.1) is 12.8 Å². The molecular weight excluding hydrogens is 226 g/mol. The minimum atomic E-state index is 0.497. The number of rotatable bonds is 8. The Labute approximate surface area is 110 Å². The zero-order valence-electron chi connectivity index (χ0n) is 12.0. The lowest BCUT2D eigenvalue weighted by molar-refractivity contribution is 0.275. The van der Waals surface area contributed by atoms with Crippen molar-refractivity contribution in [2.24, 2.45) is 5.92 Å². The predicted octanol–water partition coefficient (Wildman–Crippen LogP) is 2.71. The predicted molar refractivity (Wildman–Crippen MR) is 73.7 cm³/mol. The van der Waals surface area contributed by atoms with Crippen LogP contribution >= 0.6 is 0 Å². The Morgan fingerprint density at radius 1 is 1.39 bits per heavy atom. The van der Waals surface area contributed by atoms with E-state index in [1.54, 1.807) is 0 Å². The van der Waals surface area contributed by atoms with Gasteiger partial charge in [0.2, 0.25) is 0 Å². The van der Waals surface area contributed by atoms with Crippen molar-refractivity contribution < 1.29 is 4.74 Å². The first-order chi connectivity index (χ1) is 8.63. The van der Waals surface area contributed by atoms with E-state index in [2.05, 4.69) is 36.1 Å². The molecule has 0 saturated heterocycles. The van der Waals surface area contributed by atoms with E-state index in [-0.39, 0.29) is 0 Å². The molecule has 102 valence electrons. The molecule has 0 unspecified atom stereocenters. The van der Waals surface area contributed by atoms with Gasteiger partial charge in [-0.1, -0.05) is 20.8 Å². The first kappa shape index (κ1) is 14.9. The van der Waals surface area contributed by atoms with Crippen LogP contribution in [-0.2, 0) is 6.54 Å². The van der Waals surface area contributed by atoms with Gasteiger partial charge in [0.1, 0.15) is 0 Å². The molecule has 0 fully saturated rings. The fourth-order valence-electron chi connectivity index (χ4n) is 1.63. The van der Waals surface area contributed by atoms with Gasteiger partial charge in [-0.2, -0.15) is 0 Å². The van der Waals surface area contributed by atoms with Crippen LogP contribution in [0.25, 0.3) is 0 Å². The lowest BCUT2D eigenvalue weighted by Gasteiger charge is -2.09. The standard InChI is InChI=1S/C14H25N3O/c1-5-15-9-13-10-16-14(17-12(13)4)18-8-6-7-11(2)3/h10-11,15H,5-9H2,1-4H3. The number of hydrogen-bond acceptors (Lipinski definition) is 4. The molecule has 0 spiro atoms. The molecule has 0 bridgehead atoms. The van der Waals surface area contributed by atoms with Gasteiger partial charge in [0.05, 0.1) is 6.61 Å². The second-order valence-corrected chi connectivity index (χ2v) is 4.93. The number of ether oxygens (including phenoxy) is 1. The summed E-state index contributed by atoms with van der Waals surface area (Å²) in [5, 5.41) is 3.27. The van der Waals surface area contributed by atoms with E-state index in [0.29, 0.717) is 12.6 Å². The van der Waals surface area contributed by atoms with Crippen molar-refractivity contribution in [1.29, 1.82) is 0 Å². The Kier molecular flexibility index (Phi) is 6.65. The molecule has 1 aromatic heterocycles. The fourth-order valence-corrected chi connectivity index (χ4v) is 1.63. The minimum absolute atomic E-state index is 0.497. The lowest BCUT2D eigenvalue weighted by atomic mass is 10.1. The third-order valence-electron chi connectivity index (χ3n) is 2.78. The molecule has 0 saturated carbocycles. The second kappa shape index (κ2) is 8.03. The molecule has 4 nitrogen and oxygen atoms in total. The second-order valence-electron chi connectivity index (χ2n) is 4.93. The molecule has 0 atom stereocenters. The summed E-state index contributed by atoms with van der Waals surface area (Å²) in [6.45, 7) is 11.0. The SMILES string of the molecule is CCNCc1cnc(OCCCC(C)C)nc1C. The van der Waals surface area contributed by atoms with Gasteiger partial charge in [0.15, 0.2) is 0 Å². The molecule has 4 heteroatoms. The van der Waals surface area contributed by atoms with Crippen LogP contribution in [0.2, 0.25) is 0 Å². The monoisotopic (exact) mass is 251 g/mol. The number of nitrogens with one attached hydrogen (secondary N) is 1. The van der Waals surface area contributed by atoms with Crippen LogP contribution in [0.4, 0.5) is 0 Å². The Morgan fingerprint density at radius 3 is 2.78 bits per heavy atom. The highest BCUT2D eigenvalue weighted by Crippen LogP contribution is 2.10. The third kappa shape index (κ3) is 5.45. The summed E-state index contributed by atoms with van der Waals surface area (Å²) in [7, 11) is 0. The maximum absolute atomic E-state index is 5.55. The number of aryl methyl sites for hydroxylation is 1. The highest BCUT2D eigenvalue weighted by Gasteiger charge is 2.04. The van der Waals surface area contributed by atoms with Gasteiger partial charge in [-0.3, -0.25) is 0 Å². The van der Waals surface area contributed by atoms with E-state index in [1.807, 2.05) is 13.1 Å². The molecule has 18 heavy (non-hydrogen) atoms. The van der Waals surface area contributed by atoms with Crippen molar-refractivity contribution in [2.45, 2.75) is 47.1 Å². The van der Waals surface area contributed by atoms with Crippen molar-refractivity contribution in [3.05, 3.63) is 17.5 Å². The number of hydrogen-bond donors (Lipinski definition) is 1. The summed E-state index contributed by atoms with van der Waals surface area (Å²) >= 11 is 0. The first-order valence-electron chi connectivity index (χ1n) is 6.79. The largest absolute Gasteiger partial charge is 0.463 e. The van der Waals surface area contributed by atoms with Crippen molar-refractivity contribution in [1.82, 2.24) is 15.3 Å². The summed E-state index contributed by atoms with van der Waals surface area (Å²) < 4.78 is 5.55. The maximum Gasteiger partial charge on any atom is 0.316 e.